The maximum atomic E-state index is 12.4. The Morgan fingerprint density at radius 3 is 2.05 bits per heavy atom. The highest BCUT2D eigenvalue weighted by atomic mass is 16.3. The van der Waals surface area contributed by atoms with Gasteiger partial charge in [0.05, 0.1) is 12.1 Å². The number of Topliss-reactive ketones (excluding diaryl/α,β-unsaturated/α-hetero) is 1. The van der Waals surface area contributed by atoms with Crippen LogP contribution in [0, 0.1) is 11.8 Å². The molecule has 0 fully saturated rings. The lowest BCUT2D eigenvalue weighted by Crippen LogP contribution is -2.53. The minimum atomic E-state index is -0.696. The molecule has 1 N–H and O–H groups in total. The van der Waals surface area contributed by atoms with E-state index >= 15 is 0 Å². The molecule has 0 unspecified atom stereocenters. The van der Waals surface area contributed by atoms with E-state index < -0.39 is 12.1 Å². The summed E-state index contributed by atoms with van der Waals surface area (Å²) in [7, 11) is 1.90. The fourth-order valence-electron chi connectivity index (χ4n) is 2.02. The van der Waals surface area contributed by atoms with Crippen molar-refractivity contribution in [2.75, 3.05) is 7.05 Å². The number of aliphatic hydroxyl groups excluding tert-OH is 1. The number of hydrogen-bond donors (Lipinski definition) is 1. The lowest BCUT2D eigenvalue weighted by atomic mass is 9.88. The lowest BCUT2D eigenvalue weighted by Gasteiger charge is -2.36. The molecule has 0 rings (SSSR count). The topological polar surface area (TPSA) is 40.5 Å². The number of likely N-dealkylation sites (N-methyl/N-ethyl adjacent to an activating group) is 1. The molecule has 0 aliphatic carbocycles. The van der Waals surface area contributed by atoms with Gasteiger partial charge < -0.3 is 5.11 Å². The maximum Gasteiger partial charge on any atom is 0.155 e. The van der Waals surface area contributed by atoms with Gasteiger partial charge in [-0.15, -0.1) is 0 Å². The van der Waals surface area contributed by atoms with Crippen LogP contribution >= 0.6 is 0 Å². The summed E-state index contributed by atoms with van der Waals surface area (Å²) in [5, 5.41) is 10.6. The van der Waals surface area contributed by atoms with Crippen molar-refractivity contribution in [1.82, 2.24) is 4.90 Å². The van der Waals surface area contributed by atoms with Crippen LogP contribution in [0.15, 0.2) is 24.3 Å². The molecule has 0 bridgehead atoms. The summed E-state index contributed by atoms with van der Waals surface area (Å²) in [5.41, 5.74) is 0. The number of carbonyl (C=O) groups is 1. The first kappa shape index (κ1) is 19.1. The average molecular weight is 281 g/mol. The van der Waals surface area contributed by atoms with Gasteiger partial charge >= 0.3 is 0 Å². The van der Waals surface area contributed by atoms with Crippen LogP contribution in [0.3, 0.4) is 0 Å². The summed E-state index contributed by atoms with van der Waals surface area (Å²) >= 11 is 0. The molecule has 0 saturated heterocycles. The number of allylic oxidation sites excluding steroid dienone is 3. The van der Waals surface area contributed by atoms with Crippen LogP contribution in [0.4, 0.5) is 0 Å². The molecule has 3 atom stereocenters. The summed E-state index contributed by atoms with van der Waals surface area (Å²) < 4.78 is 0. The van der Waals surface area contributed by atoms with Crippen molar-refractivity contribution < 1.29 is 9.90 Å². The number of hydrogen-bond acceptors (Lipinski definition) is 3. The minimum absolute atomic E-state index is 0.0694. The highest BCUT2D eigenvalue weighted by Crippen LogP contribution is 2.19. The second kappa shape index (κ2) is 9.09. The zero-order valence-electron chi connectivity index (χ0n) is 14.0. The van der Waals surface area contributed by atoms with Gasteiger partial charge in [0.2, 0.25) is 0 Å². The van der Waals surface area contributed by atoms with Gasteiger partial charge in [-0.1, -0.05) is 45.1 Å². The molecule has 20 heavy (non-hydrogen) atoms. The zero-order valence-corrected chi connectivity index (χ0v) is 14.0. The van der Waals surface area contributed by atoms with Gasteiger partial charge in [0.25, 0.3) is 0 Å². The Bertz CT molecular complexity index is 345. The van der Waals surface area contributed by atoms with Gasteiger partial charge in [0, 0.05) is 17.9 Å². The molecule has 0 saturated carbocycles. The predicted octanol–water partition coefficient (Wildman–Crippen LogP) is 3.05. The Hall–Kier alpha value is -0.930. The van der Waals surface area contributed by atoms with Gasteiger partial charge in [0.1, 0.15) is 0 Å². The van der Waals surface area contributed by atoms with E-state index in [1.54, 1.807) is 0 Å². The lowest BCUT2D eigenvalue weighted by molar-refractivity contribution is -0.132. The molecule has 0 aliphatic heterocycles. The Labute approximate surface area is 124 Å². The van der Waals surface area contributed by atoms with E-state index in [1.165, 1.54) is 0 Å². The summed E-state index contributed by atoms with van der Waals surface area (Å²) in [6, 6.07) is -0.246. The van der Waals surface area contributed by atoms with E-state index in [-0.39, 0.29) is 23.7 Å². The summed E-state index contributed by atoms with van der Waals surface area (Å²) in [6.07, 6.45) is 7.03. The van der Waals surface area contributed by atoms with Crippen molar-refractivity contribution in [3.63, 3.8) is 0 Å². The minimum Gasteiger partial charge on any atom is -0.390 e. The molecular formula is C17H31NO2. The highest BCUT2D eigenvalue weighted by molar-refractivity contribution is 5.86. The van der Waals surface area contributed by atoms with Crippen molar-refractivity contribution in [3.05, 3.63) is 24.3 Å². The van der Waals surface area contributed by atoms with Gasteiger partial charge in [-0.25, -0.2) is 0 Å². The Morgan fingerprint density at radius 2 is 1.65 bits per heavy atom. The third-order valence-corrected chi connectivity index (χ3v) is 3.69. The van der Waals surface area contributed by atoms with E-state index in [1.807, 2.05) is 77.8 Å². The first-order valence-electron chi connectivity index (χ1n) is 7.47. The van der Waals surface area contributed by atoms with Gasteiger partial charge in [-0.2, -0.15) is 0 Å². The van der Waals surface area contributed by atoms with Crippen LogP contribution in [-0.4, -0.2) is 41.0 Å². The SMILES string of the molecule is C/C=C/C=C/[C@@H](C)[C@@H](O)[C@@H](C(=O)C(C)C)N(C)C(C)C. The third-order valence-electron chi connectivity index (χ3n) is 3.69. The summed E-state index contributed by atoms with van der Waals surface area (Å²) in [5.74, 6) is -0.0531. The number of rotatable bonds is 8. The standard InChI is InChI=1S/C17H31NO2/c1-8-9-10-11-14(6)17(20)15(16(19)12(2)3)18(7)13(4)5/h8-15,17,20H,1-7H3/b9-8+,11-10+/t14-,15-,17-/m1/s1. The van der Waals surface area contributed by atoms with Gasteiger partial charge in [-0.3, -0.25) is 9.69 Å². The van der Waals surface area contributed by atoms with Crippen molar-refractivity contribution >= 4 is 5.78 Å². The smallest absolute Gasteiger partial charge is 0.155 e. The molecule has 0 heterocycles. The first-order chi connectivity index (χ1) is 9.23. The van der Waals surface area contributed by atoms with Crippen LogP contribution in [-0.2, 0) is 4.79 Å². The molecule has 0 aliphatic rings. The number of carbonyl (C=O) groups excluding carboxylic acids is 1. The van der Waals surface area contributed by atoms with Crippen LogP contribution < -0.4 is 0 Å². The van der Waals surface area contributed by atoms with Crippen LogP contribution in [0.1, 0.15) is 41.5 Å². The van der Waals surface area contributed by atoms with E-state index in [4.69, 9.17) is 0 Å². The van der Waals surface area contributed by atoms with Crippen molar-refractivity contribution in [2.24, 2.45) is 11.8 Å². The van der Waals surface area contributed by atoms with Crippen LogP contribution in [0.25, 0.3) is 0 Å². The second-order valence-corrected chi connectivity index (χ2v) is 6.02. The Balaban J connectivity index is 5.15. The quantitative estimate of drug-likeness (QED) is 0.695. The van der Waals surface area contributed by atoms with Crippen molar-refractivity contribution in [3.8, 4) is 0 Å². The number of nitrogens with zero attached hydrogens (tertiary/aromatic N) is 1. The van der Waals surface area contributed by atoms with E-state index in [9.17, 15) is 9.90 Å². The molecule has 0 spiro atoms. The fourth-order valence-corrected chi connectivity index (χ4v) is 2.02. The molecule has 0 aromatic carbocycles. The molecule has 0 aromatic heterocycles. The third kappa shape index (κ3) is 5.59. The first-order valence-corrected chi connectivity index (χ1v) is 7.47. The van der Waals surface area contributed by atoms with Crippen LogP contribution in [0.5, 0.6) is 0 Å². The number of ketones is 1. The molecule has 116 valence electrons. The van der Waals surface area contributed by atoms with E-state index in [0.29, 0.717) is 0 Å². The molecule has 0 radical (unpaired) electrons. The monoisotopic (exact) mass is 281 g/mol. The summed E-state index contributed by atoms with van der Waals surface area (Å²) in [6.45, 7) is 11.7. The second-order valence-electron chi connectivity index (χ2n) is 6.02. The maximum absolute atomic E-state index is 12.4. The average Bonchev–Trinajstić information content (AvgIpc) is 2.38. The van der Waals surface area contributed by atoms with Gasteiger partial charge in [0.15, 0.2) is 5.78 Å². The largest absolute Gasteiger partial charge is 0.390 e. The van der Waals surface area contributed by atoms with E-state index in [2.05, 4.69) is 0 Å². The fraction of sp³-hybridized carbons (Fsp3) is 0.706. The predicted molar refractivity (Wildman–Crippen MR) is 85.7 cm³/mol. The van der Waals surface area contributed by atoms with Crippen molar-refractivity contribution in [1.29, 1.82) is 0 Å². The van der Waals surface area contributed by atoms with Gasteiger partial charge in [-0.05, 0) is 27.8 Å². The normalized spacial score (nSPS) is 17.6. The summed E-state index contributed by atoms with van der Waals surface area (Å²) in [4.78, 5) is 14.4. The molecule has 0 amide bonds. The number of aliphatic hydroxyl groups is 1. The molecule has 3 nitrogen and oxygen atoms in total. The zero-order chi connectivity index (χ0) is 15.9. The van der Waals surface area contributed by atoms with E-state index in [0.717, 1.165) is 0 Å². The highest BCUT2D eigenvalue weighted by Gasteiger charge is 2.35. The molecule has 0 aromatic rings. The molecular weight excluding hydrogens is 250 g/mol. The Morgan fingerprint density at radius 1 is 1.10 bits per heavy atom. The van der Waals surface area contributed by atoms with Crippen molar-refractivity contribution in [2.45, 2.75) is 59.7 Å². The molecule has 3 heteroatoms. The Kier molecular flexibility index (Phi) is 8.67. The van der Waals surface area contributed by atoms with Crippen LogP contribution in [0.2, 0.25) is 0 Å².